The quantitative estimate of drug-likeness (QED) is 0.761. The van der Waals surface area contributed by atoms with Crippen molar-refractivity contribution in [3.8, 4) is 10.6 Å². The highest BCUT2D eigenvalue weighted by Gasteiger charge is 2.08. The number of rotatable bonds is 3. The molecule has 0 saturated heterocycles. The average Bonchev–Trinajstić information content (AvgIpc) is 2.71. The summed E-state index contributed by atoms with van der Waals surface area (Å²) in [7, 11) is 0. The van der Waals surface area contributed by atoms with Gasteiger partial charge in [-0.1, -0.05) is 40.2 Å². The third kappa shape index (κ3) is 2.33. The SMILES string of the molecule is Cc1nc(-c2ccc(CF)cc2)sc1CBr. The predicted octanol–water partition coefficient (Wildman–Crippen LogP) is 4.48. The maximum Gasteiger partial charge on any atom is 0.123 e. The van der Waals surface area contributed by atoms with E-state index in [1.807, 2.05) is 19.1 Å². The molecule has 0 fully saturated rings. The van der Waals surface area contributed by atoms with Gasteiger partial charge in [0.05, 0.1) is 5.69 Å². The van der Waals surface area contributed by atoms with E-state index in [4.69, 9.17) is 0 Å². The van der Waals surface area contributed by atoms with E-state index < -0.39 is 6.67 Å². The van der Waals surface area contributed by atoms with E-state index in [-0.39, 0.29) is 0 Å². The van der Waals surface area contributed by atoms with Gasteiger partial charge in [-0.2, -0.15) is 0 Å². The number of halogens is 2. The Balaban J connectivity index is 2.34. The largest absolute Gasteiger partial charge is 0.246 e. The molecule has 0 saturated carbocycles. The lowest BCUT2D eigenvalue weighted by atomic mass is 10.1. The molecule has 16 heavy (non-hydrogen) atoms. The van der Waals surface area contributed by atoms with E-state index in [0.29, 0.717) is 5.56 Å². The van der Waals surface area contributed by atoms with Crippen molar-refractivity contribution in [2.24, 2.45) is 0 Å². The first kappa shape index (κ1) is 11.7. The molecule has 0 spiro atoms. The highest BCUT2D eigenvalue weighted by molar-refractivity contribution is 9.08. The first-order valence-electron chi connectivity index (χ1n) is 4.92. The summed E-state index contributed by atoms with van der Waals surface area (Å²) < 4.78 is 12.4. The fourth-order valence-electron chi connectivity index (χ4n) is 1.41. The number of aryl methyl sites for hydroxylation is 1. The van der Waals surface area contributed by atoms with Crippen LogP contribution in [0.2, 0.25) is 0 Å². The average molecular weight is 300 g/mol. The Bertz CT molecular complexity index is 478. The molecule has 84 valence electrons. The summed E-state index contributed by atoms with van der Waals surface area (Å²) >= 11 is 5.11. The number of thiazole rings is 1. The first-order chi connectivity index (χ1) is 7.74. The summed E-state index contributed by atoms with van der Waals surface area (Å²) in [5, 5.41) is 1.83. The molecule has 0 aliphatic rings. The smallest absolute Gasteiger partial charge is 0.123 e. The van der Waals surface area contributed by atoms with Crippen molar-refractivity contribution in [1.29, 1.82) is 0 Å². The Labute approximate surface area is 106 Å². The van der Waals surface area contributed by atoms with Crippen LogP contribution < -0.4 is 0 Å². The molecule has 0 aliphatic heterocycles. The maximum atomic E-state index is 12.4. The van der Waals surface area contributed by atoms with Gasteiger partial charge in [-0.15, -0.1) is 11.3 Å². The second-order valence-corrected chi connectivity index (χ2v) is 5.14. The van der Waals surface area contributed by atoms with Crippen molar-refractivity contribution >= 4 is 27.3 Å². The molecule has 0 aliphatic carbocycles. The van der Waals surface area contributed by atoms with Crippen LogP contribution in [0, 0.1) is 6.92 Å². The highest BCUT2D eigenvalue weighted by Crippen LogP contribution is 2.29. The Hall–Kier alpha value is -0.740. The van der Waals surface area contributed by atoms with Crippen LogP contribution in [0.25, 0.3) is 10.6 Å². The summed E-state index contributed by atoms with van der Waals surface area (Å²) in [6.45, 7) is 1.59. The number of hydrogen-bond donors (Lipinski definition) is 0. The van der Waals surface area contributed by atoms with E-state index in [9.17, 15) is 4.39 Å². The summed E-state index contributed by atoms with van der Waals surface area (Å²) in [6.07, 6.45) is 0. The van der Waals surface area contributed by atoms with Crippen molar-refractivity contribution < 1.29 is 4.39 Å². The second kappa shape index (κ2) is 5.06. The molecule has 0 radical (unpaired) electrons. The lowest BCUT2D eigenvalue weighted by Gasteiger charge is -1.97. The summed E-state index contributed by atoms with van der Waals surface area (Å²) in [5.74, 6) is 0. The molecule has 1 aromatic heterocycles. The minimum absolute atomic E-state index is 0.413. The summed E-state index contributed by atoms with van der Waals surface area (Å²) in [6, 6.07) is 7.45. The first-order valence-corrected chi connectivity index (χ1v) is 6.86. The molecule has 0 N–H and O–H groups in total. The molecule has 2 rings (SSSR count). The molecule has 0 amide bonds. The van der Waals surface area contributed by atoms with Crippen LogP contribution in [-0.2, 0) is 12.0 Å². The standard InChI is InChI=1S/C12H11BrFNS/c1-8-11(6-13)16-12(15-8)10-4-2-9(7-14)3-5-10/h2-5H,6-7H2,1H3. The lowest BCUT2D eigenvalue weighted by Crippen LogP contribution is -1.80. The molecule has 4 heteroatoms. The van der Waals surface area contributed by atoms with E-state index in [1.54, 1.807) is 23.5 Å². The summed E-state index contributed by atoms with van der Waals surface area (Å²) in [5.41, 5.74) is 2.82. The van der Waals surface area contributed by atoms with E-state index in [1.165, 1.54) is 4.88 Å². The monoisotopic (exact) mass is 299 g/mol. The van der Waals surface area contributed by atoms with Crippen LogP contribution >= 0.6 is 27.3 Å². The van der Waals surface area contributed by atoms with E-state index >= 15 is 0 Å². The van der Waals surface area contributed by atoms with Gasteiger partial charge in [0, 0.05) is 15.8 Å². The van der Waals surface area contributed by atoms with Crippen LogP contribution in [0.15, 0.2) is 24.3 Å². The van der Waals surface area contributed by atoms with Crippen LogP contribution in [0.1, 0.15) is 16.1 Å². The molecule has 1 nitrogen and oxygen atoms in total. The predicted molar refractivity (Wildman–Crippen MR) is 69.7 cm³/mol. The highest BCUT2D eigenvalue weighted by atomic mass is 79.9. The molecular weight excluding hydrogens is 289 g/mol. The van der Waals surface area contributed by atoms with Crippen molar-refractivity contribution in [3.05, 3.63) is 40.4 Å². The Morgan fingerprint density at radius 2 is 2.00 bits per heavy atom. The van der Waals surface area contributed by atoms with Gasteiger partial charge in [-0.25, -0.2) is 9.37 Å². The van der Waals surface area contributed by atoms with Crippen LogP contribution in [0.5, 0.6) is 0 Å². The Kier molecular flexibility index (Phi) is 3.71. The number of benzene rings is 1. The van der Waals surface area contributed by atoms with E-state index in [2.05, 4.69) is 20.9 Å². The zero-order valence-electron chi connectivity index (χ0n) is 8.84. The van der Waals surface area contributed by atoms with Crippen molar-refractivity contribution in [2.75, 3.05) is 0 Å². The van der Waals surface area contributed by atoms with E-state index in [0.717, 1.165) is 21.6 Å². The minimum Gasteiger partial charge on any atom is -0.246 e. The van der Waals surface area contributed by atoms with Crippen LogP contribution in [0.4, 0.5) is 4.39 Å². The molecule has 0 bridgehead atoms. The Morgan fingerprint density at radius 3 is 2.50 bits per heavy atom. The molecular formula is C12H11BrFNS. The van der Waals surface area contributed by atoms with Gasteiger partial charge < -0.3 is 0 Å². The fraction of sp³-hybridized carbons (Fsp3) is 0.250. The number of hydrogen-bond acceptors (Lipinski definition) is 2. The number of nitrogens with zero attached hydrogens (tertiary/aromatic N) is 1. The van der Waals surface area contributed by atoms with Crippen LogP contribution in [-0.4, -0.2) is 4.98 Å². The molecule has 2 aromatic rings. The third-order valence-electron chi connectivity index (χ3n) is 2.37. The Morgan fingerprint density at radius 1 is 1.31 bits per heavy atom. The van der Waals surface area contributed by atoms with Gasteiger partial charge in [0.15, 0.2) is 0 Å². The van der Waals surface area contributed by atoms with Crippen molar-refractivity contribution in [1.82, 2.24) is 4.98 Å². The fourth-order valence-corrected chi connectivity index (χ4v) is 3.08. The zero-order valence-corrected chi connectivity index (χ0v) is 11.2. The third-order valence-corrected chi connectivity index (χ3v) is 4.51. The van der Waals surface area contributed by atoms with Gasteiger partial charge >= 0.3 is 0 Å². The van der Waals surface area contributed by atoms with Gasteiger partial charge in [0.1, 0.15) is 11.7 Å². The van der Waals surface area contributed by atoms with Crippen LogP contribution in [0.3, 0.4) is 0 Å². The summed E-state index contributed by atoms with van der Waals surface area (Å²) in [4.78, 5) is 5.74. The van der Waals surface area contributed by atoms with Crippen molar-refractivity contribution in [3.63, 3.8) is 0 Å². The van der Waals surface area contributed by atoms with Gasteiger partial charge in [-0.3, -0.25) is 0 Å². The molecule has 1 heterocycles. The molecule has 0 atom stereocenters. The minimum atomic E-state index is -0.413. The molecule has 1 aromatic carbocycles. The lowest BCUT2D eigenvalue weighted by molar-refractivity contribution is 0.485. The molecule has 0 unspecified atom stereocenters. The number of aromatic nitrogens is 1. The second-order valence-electron chi connectivity index (χ2n) is 3.49. The topological polar surface area (TPSA) is 12.9 Å². The number of alkyl halides is 2. The van der Waals surface area contributed by atoms with Gasteiger partial charge in [0.25, 0.3) is 0 Å². The maximum absolute atomic E-state index is 12.4. The van der Waals surface area contributed by atoms with Crippen molar-refractivity contribution in [2.45, 2.75) is 18.9 Å². The van der Waals surface area contributed by atoms with Gasteiger partial charge in [0.2, 0.25) is 0 Å². The van der Waals surface area contributed by atoms with Gasteiger partial charge in [-0.05, 0) is 12.5 Å². The zero-order chi connectivity index (χ0) is 11.5. The normalized spacial score (nSPS) is 10.7.